The molecule has 2 aromatic carbocycles. The van der Waals surface area contributed by atoms with Crippen molar-refractivity contribution in [3.05, 3.63) is 72.2 Å². The van der Waals surface area contributed by atoms with Gasteiger partial charge in [-0.25, -0.2) is 13.4 Å². The molecular formula is C25H26N2O5S2. The summed E-state index contributed by atoms with van der Waals surface area (Å²) < 4.78 is 36.9. The number of thiazole rings is 1. The van der Waals surface area contributed by atoms with Crippen molar-refractivity contribution in [3.63, 3.8) is 0 Å². The number of anilines is 1. The lowest BCUT2D eigenvalue weighted by molar-refractivity contribution is -0.118. The first-order chi connectivity index (χ1) is 16.3. The van der Waals surface area contributed by atoms with E-state index in [2.05, 4.69) is 0 Å². The molecule has 0 saturated carbocycles. The van der Waals surface area contributed by atoms with Crippen molar-refractivity contribution in [2.24, 2.45) is 0 Å². The van der Waals surface area contributed by atoms with Crippen LogP contribution in [0, 0.1) is 0 Å². The maximum absolute atomic E-state index is 13.4. The molecule has 0 aliphatic rings. The van der Waals surface area contributed by atoms with E-state index in [0.29, 0.717) is 34.3 Å². The number of para-hydroxylation sites is 1. The first-order valence-electron chi connectivity index (χ1n) is 11.0. The van der Waals surface area contributed by atoms with Gasteiger partial charge in [0.1, 0.15) is 17.0 Å². The van der Waals surface area contributed by atoms with Gasteiger partial charge in [0.2, 0.25) is 5.91 Å². The zero-order valence-electron chi connectivity index (χ0n) is 19.2. The van der Waals surface area contributed by atoms with Gasteiger partial charge in [0, 0.05) is 0 Å². The Balaban J connectivity index is 1.63. The summed E-state index contributed by atoms with van der Waals surface area (Å²) >= 11 is 1.41. The van der Waals surface area contributed by atoms with Crippen LogP contribution in [0.15, 0.2) is 70.2 Å². The molecule has 0 fully saturated rings. The number of fused-ring (bicyclic) bond motifs is 1. The average Bonchev–Trinajstić information content (AvgIpc) is 3.48. The first kappa shape index (κ1) is 24.0. The molecule has 1 amide bonds. The Bertz CT molecular complexity index is 1370. The third-order valence-electron chi connectivity index (χ3n) is 5.32. The van der Waals surface area contributed by atoms with Crippen molar-refractivity contribution >= 4 is 42.4 Å². The van der Waals surface area contributed by atoms with E-state index < -0.39 is 15.1 Å². The highest BCUT2D eigenvalue weighted by Gasteiger charge is 2.23. The van der Waals surface area contributed by atoms with Crippen LogP contribution in [0.2, 0.25) is 0 Å². The molecule has 2 aromatic heterocycles. The number of rotatable bonds is 9. The van der Waals surface area contributed by atoms with Gasteiger partial charge in [0.15, 0.2) is 15.0 Å². The summed E-state index contributed by atoms with van der Waals surface area (Å²) in [6, 6.07) is 15.8. The molecule has 0 saturated heterocycles. The van der Waals surface area contributed by atoms with Gasteiger partial charge in [-0.3, -0.25) is 9.69 Å². The highest BCUT2D eigenvalue weighted by molar-refractivity contribution is 7.92. The standard InChI is InChI=1S/C25H26N2O5S2/c1-4-31-21-8-5-9-22-24(21)26-25(33-22)27(16-19-7-6-14-32-19)23(28)15-18-10-12-20(13-11-18)34(29,30)17(2)3/h5-14,17H,4,15-16H2,1-3H3. The second-order valence-corrected chi connectivity index (χ2v) is 11.5. The fourth-order valence-electron chi connectivity index (χ4n) is 3.46. The molecule has 4 rings (SSSR count). The van der Waals surface area contributed by atoms with Crippen LogP contribution in [0.25, 0.3) is 10.2 Å². The molecular weight excluding hydrogens is 472 g/mol. The quantitative estimate of drug-likeness (QED) is 0.313. The number of nitrogens with zero attached hydrogens (tertiary/aromatic N) is 2. The topological polar surface area (TPSA) is 89.7 Å². The maximum atomic E-state index is 13.4. The molecule has 0 N–H and O–H groups in total. The van der Waals surface area contributed by atoms with Gasteiger partial charge < -0.3 is 9.15 Å². The van der Waals surface area contributed by atoms with Crippen LogP contribution in [0.5, 0.6) is 5.75 Å². The van der Waals surface area contributed by atoms with Gasteiger partial charge >= 0.3 is 0 Å². The number of benzene rings is 2. The second-order valence-electron chi connectivity index (χ2n) is 8.01. The smallest absolute Gasteiger partial charge is 0.233 e. The largest absolute Gasteiger partial charge is 0.492 e. The Morgan fingerprint density at radius 3 is 2.53 bits per heavy atom. The molecule has 0 spiro atoms. The van der Waals surface area contributed by atoms with E-state index in [-0.39, 0.29) is 23.8 Å². The number of furan rings is 1. The number of ether oxygens (including phenoxy) is 1. The predicted molar refractivity (Wildman–Crippen MR) is 133 cm³/mol. The number of hydrogen-bond donors (Lipinski definition) is 0. The lowest BCUT2D eigenvalue weighted by Gasteiger charge is -2.19. The minimum Gasteiger partial charge on any atom is -0.492 e. The SMILES string of the molecule is CCOc1cccc2sc(N(Cc3ccco3)C(=O)Cc3ccc(S(=O)(=O)C(C)C)cc3)nc12. The Kier molecular flexibility index (Phi) is 7.04. The van der Waals surface area contributed by atoms with Crippen LogP contribution in [0.3, 0.4) is 0 Å². The fourth-order valence-corrected chi connectivity index (χ4v) is 5.52. The molecule has 34 heavy (non-hydrogen) atoms. The number of amides is 1. The van der Waals surface area contributed by atoms with Crippen molar-refractivity contribution in [1.82, 2.24) is 4.98 Å². The van der Waals surface area contributed by atoms with Crippen LogP contribution >= 0.6 is 11.3 Å². The highest BCUT2D eigenvalue weighted by atomic mass is 32.2. The fraction of sp³-hybridized carbons (Fsp3) is 0.280. The van der Waals surface area contributed by atoms with E-state index in [4.69, 9.17) is 14.1 Å². The van der Waals surface area contributed by atoms with E-state index in [0.717, 1.165) is 4.70 Å². The van der Waals surface area contributed by atoms with Gasteiger partial charge in [-0.15, -0.1) is 0 Å². The van der Waals surface area contributed by atoms with E-state index in [1.165, 1.54) is 11.3 Å². The van der Waals surface area contributed by atoms with E-state index in [9.17, 15) is 13.2 Å². The second kappa shape index (κ2) is 9.99. The summed E-state index contributed by atoms with van der Waals surface area (Å²) in [6.45, 7) is 5.96. The minimum atomic E-state index is -3.37. The molecule has 0 aliphatic carbocycles. The summed E-state index contributed by atoms with van der Waals surface area (Å²) in [7, 11) is -3.37. The molecule has 7 nitrogen and oxygen atoms in total. The van der Waals surface area contributed by atoms with E-state index in [1.54, 1.807) is 55.3 Å². The molecule has 2 heterocycles. The molecule has 178 valence electrons. The van der Waals surface area contributed by atoms with Gasteiger partial charge in [-0.05, 0) is 62.7 Å². The van der Waals surface area contributed by atoms with Gasteiger partial charge in [0.25, 0.3) is 0 Å². The molecule has 4 aromatic rings. The predicted octanol–water partition coefficient (Wildman–Crippen LogP) is 5.25. The zero-order valence-corrected chi connectivity index (χ0v) is 20.9. The van der Waals surface area contributed by atoms with Crippen molar-refractivity contribution in [2.45, 2.75) is 43.9 Å². The summed E-state index contributed by atoms with van der Waals surface area (Å²) in [6.07, 6.45) is 1.66. The first-order valence-corrected chi connectivity index (χ1v) is 13.3. The molecule has 0 unspecified atom stereocenters. The number of sulfone groups is 1. The summed E-state index contributed by atoms with van der Waals surface area (Å²) in [5.41, 5.74) is 1.43. The summed E-state index contributed by atoms with van der Waals surface area (Å²) in [4.78, 5) is 20.0. The van der Waals surface area contributed by atoms with Crippen molar-refractivity contribution in [2.75, 3.05) is 11.5 Å². The van der Waals surface area contributed by atoms with Crippen molar-refractivity contribution in [1.29, 1.82) is 0 Å². The molecule has 0 radical (unpaired) electrons. The summed E-state index contributed by atoms with van der Waals surface area (Å²) in [5.74, 6) is 1.14. The Labute approximate surface area is 202 Å². The van der Waals surface area contributed by atoms with Crippen LogP contribution < -0.4 is 9.64 Å². The van der Waals surface area contributed by atoms with Crippen molar-refractivity contribution in [3.8, 4) is 5.75 Å². The molecule has 0 bridgehead atoms. The molecule has 0 aliphatic heterocycles. The Morgan fingerprint density at radius 1 is 1.12 bits per heavy atom. The number of hydrogen-bond acceptors (Lipinski definition) is 7. The molecule has 0 atom stereocenters. The number of carbonyl (C=O) groups is 1. The third-order valence-corrected chi connectivity index (χ3v) is 8.54. The zero-order chi connectivity index (χ0) is 24.3. The maximum Gasteiger partial charge on any atom is 0.233 e. The average molecular weight is 499 g/mol. The van der Waals surface area contributed by atoms with Gasteiger partial charge in [-0.1, -0.05) is 29.5 Å². The molecule has 9 heteroatoms. The van der Waals surface area contributed by atoms with Crippen LogP contribution in [-0.4, -0.2) is 31.2 Å². The van der Waals surface area contributed by atoms with Crippen LogP contribution in [0.4, 0.5) is 5.13 Å². The van der Waals surface area contributed by atoms with Crippen LogP contribution in [0.1, 0.15) is 32.1 Å². The van der Waals surface area contributed by atoms with Crippen LogP contribution in [-0.2, 0) is 27.6 Å². The van der Waals surface area contributed by atoms with E-state index >= 15 is 0 Å². The van der Waals surface area contributed by atoms with E-state index in [1.807, 2.05) is 31.2 Å². The number of aromatic nitrogens is 1. The lowest BCUT2D eigenvalue weighted by Crippen LogP contribution is -2.31. The normalized spacial score (nSPS) is 11.8. The minimum absolute atomic E-state index is 0.0942. The summed E-state index contributed by atoms with van der Waals surface area (Å²) in [5, 5.41) is 0.0342. The monoisotopic (exact) mass is 498 g/mol. The van der Waals surface area contributed by atoms with Crippen molar-refractivity contribution < 1.29 is 22.4 Å². The Hall–Kier alpha value is -3.17. The number of carbonyl (C=O) groups excluding carboxylic acids is 1. The third kappa shape index (κ3) is 5.00. The lowest BCUT2D eigenvalue weighted by atomic mass is 10.1. The highest BCUT2D eigenvalue weighted by Crippen LogP contribution is 2.35. The van der Waals surface area contributed by atoms with Gasteiger partial charge in [0.05, 0.1) is 40.7 Å². The Morgan fingerprint density at radius 2 is 1.88 bits per heavy atom. The van der Waals surface area contributed by atoms with Gasteiger partial charge in [-0.2, -0.15) is 0 Å².